The van der Waals surface area contributed by atoms with Gasteiger partial charge in [-0.3, -0.25) is 0 Å². The van der Waals surface area contributed by atoms with Crippen molar-refractivity contribution in [1.29, 1.82) is 0 Å². The Morgan fingerprint density at radius 1 is 1.80 bits per heavy atom. The van der Waals surface area contributed by atoms with Crippen molar-refractivity contribution in [3.63, 3.8) is 0 Å². The summed E-state index contributed by atoms with van der Waals surface area (Å²) in [6, 6.07) is -0.0324. The zero-order valence-electron chi connectivity index (χ0n) is 6.72. The minimum absolute atomic E-state index is 0.0324. The Kier molecular flexibility index (Phi) is 3.83. The number of hydrogen-bond donors (Lipinski definition) is 1. The monoisotopic (exact) mass is 137 g/mol. The molecule has 0 rings (SSSR count). The molecule has 0 radical (unpaired) electrons. The number of hydrogen-bond acceptors (Lipinski definition) is 1. The van der Waals surface area contributed by atoms with Gasteiger partial charge in [-0.15, -0.1) is 6.42 Å². The van der Waals surface area contributed by atoms with E-state index in [1.165, 1.54) is 0 Å². The molecule has 0 aliphatic heterocycles. The van der Waals surface area contributed by atoms with Crippen LogP contribution in [-0.2, 0) is 0 Å². The zero-order chi connectivity index (χ0) is 8.15. The molecule has 0 saturated heterocycles. The highest BCUT2D eigenvalue weighted by Gasteiger charge is 2.11. The molecular weight excluding hydrogens is 122 g/mol. The minimum atomic E-state index is -0.0324. The molecule has 1 nitrogen and oxygen atoms in total. The van der Waals surface area contributed by atoms with Gasteiger partial charge in [-0.05, 0) is 5.92 Å². The molecule has 56 valence electrons. The van der Waals surface area contributed by atoms with Crippen molar-refractivity contribution in [3.05, 3.63) is 12.2 Å². The van der Waals surface area contributed by atoms with Crippen molar-refractivity contribution in [2.75, 3.05) is 0 Å². The van der Waals surface area contributed by atoms with Crippen LogP contribution in [0.25, 0.3) is 0 Å². The lowest BCUT2D eigenvalue weighted by Crippen LogP contribution is -2.28. The lowest BCUT2D eigenvalue weighted by atomic mass is 9.95. The fourth-order valence-corrected chi connectivity index (χ4v) is 0.694. The van der Waals surface area contributed by atoms with Gasteiger partial charge in [0.2, 0.25) is 0 Å². The third-order valence-electron chi connectivity index (χ3n) is 1.84. The SMILES string of the molecule is C#CC(=C)C(N)C(C)CC. The van der Waals surface area contributed by atoms with E-state index in [1.54, 1.807) is 0 Å². The van der Waals surface area contributed by atoms with E-state index in [4.69, 9.17) is 12.2 Å². The average molecular weight is 137 g/mol. The van der Waals surface area contributed by atoms with Gasteiger partial charge in [0.15, 0.2) is 0 Å². The smallest absolute Gasteiger partial charge is 0.0394 e. The molecule has 2 N–H and O–H groups in total. The van der Waals surface area contributed by atoms with E-state index in [0.29, 0.717) is 11.5 Å². The first-order valence-electron chi connectivity index (χ1n) is 3.54. The Balaban J connectivity index is 3.97. The van der Waals surface area contributed by atoms with Gasteiger partial charge < -0.3 is 5.73 Å². The van der Waals surface area contributed by atoms with Gasteiger partial charge in [-0.1, -0.05) is 32.8 Å². The van der Waals surface area contributed by atoms with E-state index in [9.17, 15) is 0 Å². The maximum Gasteiger partial charge on any atom is 0.0394 e. The Hall–Kier alpha value is -0.740. The summed E-state index contributed by atoms with van der Waals surface area (Å²) in [5.41, 5.74) is 6.44. The average Bonchev–Trinajstić information content (AvgIpc) is 2.00. The highest BCUT2D eigenvalue weighted by molar-refractivity contribution is 5.27. The molecule has 0 aromatic carbocycles. The number of rotatable bonds is 3. The topological polar surface area (TPSA) is 26.0 Å². The maximum atomic E-state index is 5.74. The first-order chi connectivity index (χ1) is 4.63. The van der Waals surface area contributed by atoms with Crippen molar-refractivity contribution in [1.82, 2.24) is 0 Å². The Morgan fingerprint density at radius 3 is 2.60 bits per heavy atom. The van der Waals surface area contributed by atoms with Crippen LogP contribution in [0.5, 0.6) is 0 Å². The van der Waals surface area contributed by atoms with Gasteiger partial charge in [0.25, 0.3) is 0 Å². The van der Waals surface area contributed by atoms with Gasteiger partial charge in [0.1, 0.15) is 0 Å². The summed E-state index contributed by atoms with van der Waals surface area (Å²) in [5, 5.41) is 0. The predicted molar refractivity (Wildman–Crippen MR) is 45.4 cm³/mol. The predicted octanol–water partition coefficient (Wildman–Crippen LogP) is 1.55. The summed E-state index contributed by atoms with van der Waals surface area (Å²) in [6.07, 6.45) is 6.18. The highest BCUT2D eigenvalue weighted by atomic mass is 14.6. The van der Waals surface area contributed by atoms with E-state index in [-0.39, 0.29) is 6.04 Å². The van der Waals surface area contributed by atoms with Gasteiger partial charge in [0.05, 0.1) is 0 Å². The number of nitrogens with two attached hydrogens (primary N) is 1. The summed E-state index contributed by atoms with van der Waals surface area (Å²) < 4.78 is 0. The third-order valence-corrected chi connectivity index (χ3v) is 1.84. The van der Waals surface area contributed by atoms with Crippen molar-refractivity contribution >= 4 is 0 Å². The Labute approximate surface area is 63.3 Å². The van der Waals surface area contributed by atoms with Crippen molar-refractivity contribution < 1.29 is 0 Å². The van der Waals surface area contributed by atoms with Crippen LogP contribution in [0.15, 0.2) is 12.2 Å². The molecule has 0 aliphatic rings. The minimum Gasteiger partial charge on any atom is -0.323 e. The van der Waals surface area contributed by atoms with Crippen LogP contribution in [0.3, 0.4) is 0 Å². The first kappa shape index (κ1) is 9.26. The highest BCUT2D eigenvalue weighted by Crippen LogP contribution is 2.10. The van der Waals surface area contributed by atoms with Crippen LogP contribution in [0.2, 0.25) is 0 Å². The van der Waals surface area contributed by atoms with Crippen LogP contribution in [0.1, 0.15) is 20.3 Å². The van der Waals surface area contributed by atoms with Crippen LogP contribution in [0.4, 0.5) is 0 Å². The largest absolute Gasteiger partial charge is 0.323 e. The van der Waals surface area contributed by atoms with Crippen LogP contribution in [-0.4, -0.2) is 6.04 Å². The molecule has 0 fully saturated rings. The lowest BCUT2D eigenvalue weighted by molar-refractivity contribution is 0.494. The van der Waals surface area contributed by atoms with E-state index < -0.39 is 0 Å². The molecule has 0 bridgehead atoms. The molecule has 0 aromatic rings. The van der Waals surface area contributed by atoms with Crippen molar-refractivity contribution in [3.8, 4) is 12.3 Å². The quantitative estimate of drug-likeness (QED) is 0.587. The third kappa shape index (κ3) is 2.24. The van der Waals surface area contributed by atoms with E-state index in [0.717, 1.165) is 6.42 Å². The second-order valence-corrected chi connectivity index (χ2v) is 2.58. The number of terminal acetylenes is 1. The summed E-state index contributed by atoms with van der Waals surface area (Å²) in [6.45, 7) is 7.85. The fraction of sp³-hybridized carbons (Fsp3) is 0.556. The molecule has 10 heavy (non-hydrogen) atoms. The van der Waals surface area contributed by atoms with E-state index in [2.05, 4.69) is 26.3 Å². The maximum absolute atomic E-state index is 5.74. The first-order valence-corrected chi connectivity index (χ1v) is 3.54. The summed E-state index contributed by atoms with van der Waals surface area (Å²) >= 11 is 0. The molecule has 2 unspecified atom stereocenters. The molecule has 0 aromatic heterocycles. The van der Waals surface area contributed by atoms with Gasteiger partial charge in [0, 0.05) is 11.6 Å². The molecule has 0 aliphatic carbocycles. The van der Waals surface area contributed by atoms with Gasteiger partial charge >= 0.3 is 0 Å². The van der Waals surface area contributed by atoms with Crippen LogP contribution < -0.4 is 5.73 Å². The van der Waals surface area contributed by atoms with Gasteiger partial charge in [-0.25, -0.2) is 0 Å². The standard InChI is InChI=1S/C9H15N/c1-5-7(3)9(10)8(4)6-2/h1,8-9H,3,6,10H2,2,4H3. The fourth-order valence-electron chi connectivity index (χ4n) is 0.694. The van der Waals surface area contributed by atoms with Crippen LogP contribution in [0, 0.1) is 18.3 Å². The second kappa shape index (κ2) is 4.14. The van der Waals surface area contributed by atoms with E-state index in [1.807, 2.05) is 0 Å². The molecular formula is C9H15N. The molecule has 2 atom stereocenters. The molecule has 0 saturated carbocycles. The normalized spacial score (nSPS) is 15.4. The second-order valence-electron chi connectivity index (χ2n) is 2.58. The lowest BCUT2D eigenvalue weighted by Gasteiger charge is -2.16. The van der Waals surface area contributed by atoms with Gasteiger partial charge in [-0.2, -0.15) is 0 Å². The Morgan fingerprint density at radius 2 is 2.30 bits per heavy atom. The molecule has 0 amide bonds. The molecule has 0 spiro atoms. The van der Waals surface area contributed by atoms with Crippen molar-refractivity contribution in [2.45, 2.75) is 26.3 Å². The Bertz CT molecular complexity index is 153. The molecule has 0 heterocycles. The summed E-state index contributed by atoms with van der Waals surface area (Å²) in [7, 11) is 0. The van der Waals surface area contributed by atoms with Crippen molar-refractivity contribution in [2.24, 2.45) is 11.7 Å². The summed E-state index contributed by atoms with van der Waals surface area (Å²) in [5.74, 6) is 2.89. The molecule has 1 heteroatoms. The summed E-state index contributed by atoms with van der Waals surface area (Å²) in [4.78, 5) is 0. The van der Waals surface area contributed by atoms with E-state index >= 15 is 0 Å². The zero-order valence-corrected chi connectivity index (χ0v) is 6.72. The van der Waals surface area contributed by atoms with Crippen LogP contribution >= 0.6 is 0 Å².